The maximum absolute atomic E-state index is 11.2. The molecule has 1 atom stereocenters. The largest absolute Gasteiger partial charge is 0.339 e. The van der Waals surface area contributed by atoms with Crippen molar-refractivity contribution >= 4 is 5.91 Å². The fraction of sp³-hybridized carbons (Fsp3) is 0.700. The van der Waals surface area contributed by atoms with Crippen molar-refractivity contribution in [3.05, 3.63) is 12.7 Å². The molecule has 1 amide bonds. The highest BCUT2D eigenvalue weighted by molar-refractivity contribution is 5.87. The third kappa shape index (κ3) is 1.68. The van der Waals surface area contributed by atoms with Crippen LogP contribution in [-0.4, -0.2) is 23.9 Å². The molecule has 0 aromatic heterocycles. The van der Waals surface area contributed by atoms with Gasteiger partial charge in [0.25, 0.3) is 0 Å². The molecule has 1 aliphatic rings. The molecule has 1 saturated heterocycles. The fourth-order valence-corrected chi connectivity index (χ4v) is 1.63. The van der Waals surface area contributed by atoms with Crippen LogP contribution in [0, 0.1) is 5.41 Å². The number of hydrogen-bond acceptors (Lipinski definition) is 1. The van der Waals surface area contributed by atoms with E-state index >= 15 is 0 Å². The van der Waals surface area contributed by atoms with Crippen molar-refractivity contribution in [1.82, 2.24) is 4.90 Å². The van der Waals surface area contributed by atoms with Crippen LogP contribution in [0.5, 0.6) is 0 Å². The molecule has 0 N–H and O–H groups in total. The van der Waals surface area contributed by atoms with Crippen LogP contribution >= 0.6 is 0 Å². The van der Waals surface area contributed by atoms with Crippen molar-refractivity contribution in [2.24, 2.45) is 5.41 Å². The summed E-state index contributed by atoms with van der Waals surface area (Å²) >= 11 is 0. The van der Waals surface area contributed by atoms with Gasteiger partial charge in [0.15, 0.2) is 0 Å². The molecule has 1 aliphatic heterocycles. The second kappa shape index (κ2) is 3.30. The summed E-state index contributed by atoms with van der Waals surface area (Å²) in [6, 6.07) is 0. The normalized spacial score (nSPS) is 29.0. The molecule has 0 aromatic rings. The third-order valence-electron chi connectivity index (χ3n) is 2.90. The van der Waals surface area contributed by atoms with E-state index in [9.17, 15) is 4.79 Å². The molecule has 2 nitrogen and oxygen atoms in total. The summed E-state index contributed by atoms with van der Waals surface area (Å²) in [5.74, 6) is 0.0761. The minimum Gasteiger partial charge on any atom is -0.339 e. The molecule has 0 radical (unpaired) electrons. The van der Waals surface area contributed by atoms with Crippen LogP contribution in [0.4, 0.5) is 0 Å². The molecule has 1 heterocycles. The van der Waals surface area contributed by atoms with Crippen molar-refractivity contribution < 1.29 is 4.79 Å². The lowest BCUT2D eigenvalue weighted by Gasteiger charge is -2.21. The van der Waals surface area contributed by atoms with E-state index in [1.165, 1.54) is 6.08 Å². The summed E-state index contributed by atoms with van der Waals surface area (Å²) in [5, 5.41) is 0. The molecule has 2 heteroatoms. The molecular weight excluding hydrogens is 150 g/mol. The summed E-state index contributed by atoms with van der Waals surface area (Å²) in [7, 11) is 0. The summed E-state index contributed by atoms with van der Waals surface area (Å²) in [4.78, 5) is 13.1. The van der Waals surface area contributed by atoms with Crippen LogP contribution in [0.3, 0.4) is 0 Å². The van der Waals surface area contributed by atoms with E-state index in [0.29, 0.717) is 5.41 Å². The van der Waals surface area contributed by atoms with E-state index < -0.39 is 0 Å². The van der Waals surface area contributed by atoms with E-state index in [1.54, 1.807) is 0 Å². The van der Waals surface area contributed by atoms with Gasteiger partial charge in [0.1, 0.15) is 0 Å². The standard InChI is InChI=1S/C10H17NO/c1-4-9(12)11-7-6-10(3,5-2)8-11/h4H,1,5-8H2,2-3H3/t10-/m1/s1. The van der Waals surface area contributed by atoms with Gasteiger partial charge in [-0.25, -0.2) is 0 Å². The zero-order chi connectivity index (χ0) is 9.19. The number of amides is 1. The first kappa shape index (κ1) is 9.30. The molecule has 0 spiro atoms. The minimum absolute atomic E-state index is 0.0761. The van der Waals surface area contributed by atoms with Gasteiger partial charge in [-0.3, -0.25) is 4.79 Å². The number of carbonyl (C=O) groups excluding carboxylic acids is 1. The SMILES string of the molecule is C=CC(=O)N1CC[C@@](C)(CC)C1. The number of rotatable bonds is 2. The maximum atomic E-state index is 11.2. The highest BCUT2D eigenvalue weighted by atomic mass is 16.2. The topological polar surface area (TPSA) is 20.3 Å². The molecule has 0 bridgehead atoms. The summed E-state index contributed by atoms with van der Waals surface area (Å²) in [5.41, 5.74) is 0.346. The van der Waals surface area contributed by atoms with Gasteiger partial charge in [-0.15, -0.1) is 0 Å². The zero-order valence-corrected chi connectivity index (χ0v) is 7.97. The lowest BCUT2D eigenvalue weighted by Crippen LogP contribution is -2.29. The Balaban J connectivity index is 2.56. The van der Waals surface area contributed by atoms with Crippen molar-refractivity contribution in [3.8, 4) is 0 Å². The monoisotopic (exact) mass is 167 g/mol. The lowest BCUT2D eigenvalue weighted by molar-refractivity contribution is -0.125. The zero-order valence-electron chi connectivity index (χ0n) is 7.97. The Morgan fingerprint density at radius 2 is 2.42 bits per heavy atom. The first-order valence-corrected chi connectivity index (χ1v) is 4.52. The highest BCUT2D eigenvalue weighted by Crippen LogP contribution is 2.32. The van der Waals surface area contributed by atoms with E-state index in [1.807, 2.05) is 4.90 Å². The van der Waals surface area contributed by atoms with Gasteiger partial charge in [-0.2, -0.15) is 0 Å². The number of nitrogens with zero attached hydrogens (tertiary/aromatic N) is 1. The molecule has 1 fully saturated rings. The summed E-state index contributed by atoms with van der Waals surface area (Å²) in [6.45, 7) is 9.70. The number of hydrogen-bond donors (Lipinski definition) is 0. The number of likely N-dealkylation sites (tertiary alicyclic amines) is 1. The fourth-order valence-electron chi connectivity index (χ4n) is 1.63. The molecule has 0 aromatic carbocycles. The lowest BCUT2D eigenvalue weighted by atomic mass is 9.87. The van der Waals surface area contributed by atoms with Crippen LogP contribution in [-0.2, 0) is 4.79 Å². The van der Waals surface area contributed by atoms with Gasteiger partial charge < -0.3 is 4.90 Å². The molecule has 1 rings (SSSR count). The number of carbonyl (C=O) groups is 1. The quantitative estimate of drug-likeness (QED) is 0.574. The highest BCUT2D eigenvalue weighted by Gasteiger charge is 2.33. The van der Waals surface area contributed by atoms with Crippen LogP contribution in [0.25, 0.3) is 0 Å². The first-order valence-electron chi connectivity index (χ1n) is 4.52. The summed E-state index contributed by atoms with van der Waals surface area (Å²) in [6.07, 6.45) is 3.68. The first-order chi connectivity index (χ1) is 5.61. The van der Waals surface area contributed by atoms with E-state index in [0.717, 1.165) is 25.9 Å². The Bertz CT molecular complexity index is 200. The van der Waals surface area contributed by atoms with Crippen LogP contribution in [0.15, 0.2) is 12.7 Å². The second-order valence-electron chi connectivity index (χ2n) is 3.88. The Labute approximate surface area is 74.2 Å². The Kier molecular flexibility index (Phi) is 2.55. The van der Waals surface area contributed by atoms with Crippen molar-refractivity contribution in [2.45, 2.75) is 26.7 Å². The Hall–Kier alpha value is -0.790. The Morgan fingerprint density at radius 3 is 2.83 bits per heavy atom. The van der Waals surface area contributed by atoms with Crippen LogP contribution < -0.4 is 0 Å². The molecular formula is C10H17NO. The van der Waals surface area contributed by atoms with Gasteiger partial charge in [0.05, 0.1) is 0 Å². The summed E-state index contributed by atoms with van der Waals surface area (Å²) < 4.78 is 0. The average Bonchev–Trinajstić information content (AvgIpc) is 2.48. The van der Waals surface area contributed by atoms with Gasteiger partial charge in [-0.05, 0) is 24.3 Å². The van der Waals surface area contributed by atoms with Gasteiger partial charge in [-0.1, -0.05) is 20.4 Å². The van der Waals surface area contributed by atoms with Crippen molar-refractivity contribution in [1.29, 1.82) is 0 Å². The second-order valence-corrected chi connectivity index (χ2v) is 3.88. The van der Waals surface area contributed by atoms with Gasteiger partial charge >= 0.3 is 0 Å². The molecule has 0 aliphatic carbocycles. The average molecular weight is 167 g/mol. The molecule has 0 unspecified atom stereocenters. The van der Waals surface area contributed by atoms with Crippen LogP contribution in [0.1, 0.15) is 26.7 Å². The van der Waals surface area contributed by atoms with E-state index in [2.05, 4.69) is 20.4 Å². The van der Waals surface area contributed by atoms with Crippen LogP contribution in [0.2, 0.25) is 0 Å². The van der Waals surface area contributed by atoms with Crippen molar-refractivity contribution in [2.75, 3.05) is 13.1 Å². The predicted molar refractivity (Wildman–Crippen MR) is 49.8 cm³/mol. The maximum Gasteiger partial charge on any atom is 0.245 e. The third-order valence-corrected chi connectivity index (χ3v) is 2.90. The smallest absolute Gasteiger partial charge is 0.245 e. The van der Waals surface area contributed by atoms with E-state index in [-0.39, 0.29) is 5.91 Å². The molecule has 0 saturated carbocycles. The molecule has 12 heavy (non-hydrogen) atoms. The molecule has 68 valence electrons. The van der Waals surface area contributed by atoms with E-state index in [4.69, 9.17) is 0 Å². The Morgan fingerprint density at radius 1 is 1.75 bits per heavy atom. The minimum atomic E-state index is 0.0761. The van der Waals surface area contributed by atoms with Gasteiger partial charge in [0.2, 0.25) is 5.91 Å². The predicted octanol–water partition coefficient (Wildman–Crippen LogP) is 1.82. The van der Waals surface area contributed by atoms with Gasteiger partial charge in [0, 0.05) is 13.1 Å². The van der Waals surface area contributed by atoms with Crippen molar-refractivity contribution in [3.63, 3.8) is 0 Å².